The van der Waals surface area contributed by atoms with E-state index >= 15 is 0 Å². The average Bonchev–Trinajstić information content (AvgIpc) is 2.92. The summed E-state index contributed by atoms with van der Waals surface area (Å²) in [5.74, 6) is 0.106. The van der Waals surface area contributed by atoms with Gasteiger partial charge in [-0.25, -0.2) is 4.79 Å². The summed E-state index contributed by atoms with van der Waals surface area (Å²) in [6, 6.07) is 16.3. The van der Waals surface area contributed by atoms with Crippen LogP contribution in [-0.2, 0) is 4.74 Å². The highest BCUT2D eigenvalue weighted by Gasteiger charge is 2.28. The first-order valence-corrected chi connectivity index (χ1v) is 8.07. The molecule has 1 amide bonds. The number of hydrogen-bond acceptors (Lipinski definition) is 3. The molecule has 0 aromatic heterocycles. The number of nitrogens with one attached hydrogen (secondary N) is 1. The second kappa shape index (κ2) is 7.02. The fourth-order valence-electron chi connectivity index (χ4n) is 2.91. The molecule has 0 unspecified atom stereocenters. The number of carbonyl (C=O) groups excluding carboxylic acids is 1. The lowest BCUT2D eigenvalue weighted by atomic mass is 9.98. The van der Waals surface area contributed by atoms with E-state index in [4.69, 9.17) is 16.3 Å². The van der Waals surface area contributed by atoms with Gasteiger partial charge < -0.3 is 15.2 Å². The Morgan fingerprint density at radius 1 is 1.13 bits per heavy atom. The fraction of sp³-hybridized carbons (Fsp3) is 0.278. The van der Waals surface area contributed by atoms with E-state index in [1.807, 2.05) is 24.3 Å². The Bertz CT molecular complexity index is 659. The molecule has 4 nitrogen and oxygen atoms in total. The molecule has 2 aromatic rings. The monoisotopic (exact) mass is 331 g/mol. The molecule has 0 fully saturated rings. The van der Waals surface area contributed by atoms with Crippen LogP contribution in [0.2, 0.25) is 0 Å². The van der Waals surface area contributed by atoms with Crippen LogP contribution in [0.15, 0.2) is 48.5 Å². The standard InChI is InChI=1S/C18H18ClNO3/c19-9-12(21)10-20-18(22)23-11-17-15-7-3-1-5-13(15)14-6-2-4-8-16(14)17/h1-8,12,17,21H,9-11H2,(H,20,22)/t12-/m1/s1. The molecule has 0 bridgehead atoms. The van der Waals surface area contributed by atoms with Crippen LogP contribution < -0.4 is 5.32 Å². The van der Waals surface area contributed by atoms with Crippen molar-refractivity contribution in [3.63, 3.8) is 0 Å². The molecule has 0 aliphatic heterocycles. The molecule has 0 spiro atoms. The van der Waals surface area contributed by atoms with E-state index in [0.29, 0.717) is 0 Å². The lowest BCUT2D eigenvalue weighted by Crippen LogP contribution is -2.34. The molecule has 1 atom stereocenters. The molecule has 2 N–H and O–H groups in total. The molecule has 0 radical (unpaired) electrons. The van der Waals surface area contributed by atoms with Gasteiger partial charge in [-0.15, -0.1) is 11.6 Å². The highest BCUT2D eigenvalue weighted by molar-refractivity contribution is 6.18. The largest absolute Gasteiger partial charge is 0.449 e. The van der Waals surface area contributed by atoms with E-state index in [2.05, 4.69) is 29.6 Å². The van der Waals surface area contributed by atoms with Crippen molar-refractivity contribution in [3.8, 4) is 11.1 Å². The van der Waals surface area contributed by atoms with E-state index in [1.165, 1.54) is 22.3 Å². The summed E-state index contributed by atoms with van der Waals surface area (Å²) in [5, 5.41) is 11.9. The van der Waals surface area contributed by atoms with Crippen molar-refractivity contribution in [3.05, 3.63) is 59.7 Å². The number of benzene rings is 2. The number of halogens is 1. The number of aliphatic hydroxyl groups is 1. The van der Waals surface area contributed by atoms with E-state index in [-0.39, 0.29) is 24.9 Å². The van der Waals surface area contributed by atoms with Crippen molar-refractivity contribution in [1.29, 1.82) is 0 Å². The van der Waals surface area contributed by atoms with Crippen LogP contribution in [0.3, 0.4) is 0 Å². The zero-order valence-electron chi connectivity index (χ0n) is 12.5. The van der Waals surface area contributed by atoms with Crippen molar-refractivity contribution in [2.24, 2.45) is 0 Å². The zero-order valence-corrected chi connectivity index (χ0v) is 13.3. The third-order valence-electron chi connectivity index (χ3n) is 4.00. The fourth-order valence-corrected chi connectivity index (χ4v) is 3.01. The van der Waals surface area contributed by atoms with Crippen LogP contribution in [0.1, 0.15) is 17.0 Å². The molecule has 23 heavy (non-hydrogen) atoms. The number of ether oxygens (including phenoxy) is 1. The summed E-state index contributed by atoms with van der Waals surface area (Å²) in [6.07, 6.45) is -1.31. The summed E-state index contributed by atoms with van der Waals surface area (Å²) < 4.78 is 5.33. The maximum atomic E-state index is 11.8. The molecule has 0 heterocycles. The van der Waals surface area contributed by atoms with Gasteiger partial charge in [-0.1, -0.05) is 48.5 Å². The van der Waals surface area contributed by atoms with Crippen LogP contribution in [0.4, 0.5) is 4.79 Å². The smallest absolute Gasteiger partial charge is 0.407 e. The minimum Gasteiger partial charge on any atom is -0.449 e. The second-order valence-corrected chi connectivity index (χ2v) is 5.82. The van der Waals surface area contributed by atoms with Crippen LogP contribution >= 0.6 is 11.6 Å². The number of hydrogen-bond donors (Lipinski definition) is 2. The summed E-state index contributed by atoms with van der Waals surface area (Å²) in [5.41, 5.74) is 4.72. The second-order valence-electron chi connectivity index (χ2n) is 5.51. The van der Waals surface area contributed by atoms with Gasteiger partial charge in [-0.2, -0.15) is 0 Å². The highest BCUT2D eigenvalue weighted by Crippen LogP contribution is 2.44. The molecule has 1 aliphatic carbocycles. The Balaban J connectivity index is 1.70. The number of amides is 1. The van der Waals surface area contributed by atoms with Gasteiger partial charge in [0.15, 0.2) is 0 Å². The molecule has 1 aliphatic rings. The first-order valence-electron chi connectivity index (χ1n) is 7.53. The van der Waals surface area contributed by atoms with Gasteiger partial charge in [0.1, 0.15) is 6.61 Å². The van der Waals surface area contributed by atoms with Crippen molar-refractivity contribution in [2.45, 2.75) is 12.0 Å². The van der Waals surface area contributed by atoms with Crippen LogP contribution in [0, 0.1) is 0 Å². The SMILES string of the molecule is O=C(NC[C@H](O)CCl)OCC1c2ccccc2-c2ccccc21. The topological polar surface area (TPSA) is 58.6 Å². The molecular weight excluding hydrogens is 314 g/mol. The Morgan fingerprint density at radius 2 is 1.70 bits per heavy atom. The van der Waals surface area contributed by atoms with E-state index in [1.54, 1.807) is 0 Å². The highest BCUT2D eigenvalue weighted by atomic mass is 35.5. The van der Waals surface area contributed by atoms with Gasteiger partial charge in [0.2, 0.25) is 0 Å². The minimum absolute atomic E-state index is 0.0334. The Kier molecular flexibility index (Phi) is 4.84. The average molecular weight is 332 g/mol. The number of alkyl carbamates (subject to hydrolysis) is 1. The number of fused-ring (bicyclic) bond motifs is 3. The van der Waals surface area contributed by atoms with Crippen molar-refractivity contribution >= 4 is 17.7 Å². The summed E-state index contributed by atoms with van der Waals surface area (Å²) >= 11 is 5.49. The lowest BCUT2D eigenvalue weighted by Gasteiger charge is -2.15. The predicted octanol–water partition coefficient (Wildman–Crippen LogP) is 3.12. The van der Waals surface area contributed by atoms with Crippen molar-refractivity contribution in [2.75, 3.05) is 19.0 Å². The van der Waals surface area contributed by atoms with Crippen molar-refractivity contribution in [1.82, 2.24) is 5.32 Å². The number of alkyl halides is 1. The normalized spacial score (nSPS) is 14.0. The van der Waals surface area contributed by atoms with Crippen LogP contribution in [0.25, 0.3) is 11.1 Å². The maximum Gasteiger partial charge on any atom is 0.407 e. The summed E-state index contributed by atoms with van der Waals surface area (Å²) in [7, 11) is 0. The van der Waals surface area contributed by atoms with Gasteiger partial charge >= 0.3 is 6.09 Å². The van der Waals surface area contributed by atoms with Crippen LogP contribution in [0.5, 0.6) is 0 Å². The summed E-state index contributed by atoms with van der Waals surface area (Å²) in [4.78, 5) is 11.8. The van der Waals surface area contributed by atoms with E-state index in [0.717, 1.165) is 0 Å². The third-order valence-corrected chi connectivity index (χ3v) is 4.36. The van der Waals surface area contributed by atoms with Gasteiger partial charge in [0.05, 0.1) is 12.0 Å². The Labute approximate surface area is 140 Å². The van der Waals surface area contributed by atoms with E-state index < -0.39 is 12.2 Å². The van der Waals surface area contributed by atoms with Crippen molar-refractivity contribution < 1.29 is 14.6 Å². The van der Waals surface area contributed by atoms with Crippen LogP contribution in [-0.4, -0.2) is 36.3 Å². The minimum atomic E-state index is -0.767. The third kappa shape index (κ3) is 3.33. The van der Waals surface area contributed by atoms with Gasteiger partial charge in [-0.3, -0.25) is 0 Å². The van der Waals surface area contributed by atoms with Gasteiger partial charge in [-0.05, 0) is 22.3 Å². The Morgan fingerprint density at radius 3 is 2.26 bits per heavy atom. The number of rotatable bonds is 5. The molecule has 2 aromatic carbocycles. The molecule has 5 heteroatoms. The molecule has 0 saturated carbocycles. The quantitative estimate of drug-likeness (QED) is 0.828. The van der Waals surface area contributed by atoms with Gasteiger partial charge in [0, 0.05) is 12.5 Å². The maximum absolute atomic E-state index is 11.8. The summed E-state index contributed by atoms with van der Waals surface area (Å²) in [6.45, 7) is 0.344. The number of carbonyl (C=O) groups is 1. The first kappa shape index (κ1) is 15.8. The molecule has 3 rings (SSSR count). The number of aliphatic hydroxyl groups excluding tert-OH is 1. The molecule has 120 valence electrons. The first-order chi connectivity index (χ1) is 11.2. The van der Waals surface area contributed by atoms with Gasteiger partial charge in [0.25, 0.3) is 0 Å². The predicted molar refractivity (Wildman–Crippen MR) is 89.8 cm³/mol. The van der Waals surface area contributed by atoms with E-state index in [9.17, 15) is 9.90 Å². The molecule has 0 saturated heterocycles. The zero-order chi connectivity index (χ0) is 16.2. The Hall–Kier alpha value is -2.04. The lowest BCUT2D eigenvalue weighted by molar-refractivity contribution is 0.132. The molecular formula is C18H18ClNO3.